The molecule has 4 aliphatic rings. The number of ether oxygens (including phenoxy) is 1. The van der Waals surface area contributed by atoms with Gasteiger partial charge in [0, 0.05) is 12.8 Å². The zero-order valence-corrected chi connectivity index (χ0v) is 23.5. The van der Waals surface area contributed by atoms with Crippen LogP contribution in [-0.2, 0) is 14.3 Å². The summed E-state index contributed by atoms with van der Waals surface area (Å²) in [4.78, 5) is 25.4. The summed E-state index contributed by atoms with van der Waals surface area (Å²) < 4.78 is 5.61. The van der Waals surface area contributed by atoms with E-state index in [-0.39, 0.29) is 34.2 Å². The van der Waals surface area contributed by atoms with Crippen LogP contribution in [0.1, 0.15) is 106 Å². The number of hydrogen-bond donors (Lipinski definition) is 0. The van der Waals surface area contributed by atoms with E-state index in [1.165, 1.54) is 51.9 Å². The number of ketones is 1. The number of carbonyl (C=O) groups excluding carboxylic acids is 2. The number of rotatable bonds is 6. The van der Waals surface area contributed by atoms with Gasteiger partial charge in [-0.2, -0.15) is 0 Å². The van der Waals surface area contributed by atoms with E-state index in [0.29, 0.717) is 23.0 Å². The first-order valence-corrected chi connectivity index (χ1v) is 14.8. The fourth-order valence-corrected chi connectivity index (χ4v) is 10.4. The van der Waals surface area contributed by atoms with E-state index in [9.17, 15) is 9.59 Å². The average molecular weight is 524 g/mol. The lowest BCUT2D eigenvalue weighted by atomic mass is 9.44. The molecule has 0 aromatic rings. The molecule has 0 saturated heterocycles. The monoisotopic (exact) mass is 522 g/mol. The Morgan fingerprint density at radius 2 is 1.67 bits per heavy atom. The molecule has 10 atom stereocenters. The van der Waals surface area contributed by atoms with Crippen LogP contribution in [0.5, 0.6) is 0 Å². The van der Waals surface area contributed by atoms with Crippen LogP contribution in [0.3, 0.4) is 0 Å². The maximum Gasteiger partial charge on any atom is 0.302 e. The van der Waals surface area contributed by atoms with Gasteiger partial charge >= 0.3 is 5.97 Å². The highest BCUT2D eigenvalue weighted by atomic mass is 79.9. The van der Waals surface area contributed by atoms with Crippen molar-refractivity contribution in [1.29, 1.82) is 0 Å². The van der Waals surface area contributed by atoms with Gasteiger partial charge in [-0.15, -0.1) is 0 Å². The lowest BCUT2D eigenvalue weighted by Gasteiger charge is -2.61. The van der Waals surface area contributed by atoms with Crippen molar-refractivity contribution in [2.45, 2.75) is 117 Å². The molecule has 0 aliphatic heterocycles. The molecule has 3 nitrogen and oxygen atoms in total. The van der Waals surface area contributed by atoms with Gasteiger partial charge in [0.2, 0.25) is 0 Å². The van der Waals surface area contributed by atoms with Crippen molar-refractivity contribution in [3.8, 4) is 0 Å². The fraction of sp³-hybridized carbons (Fsp3) is 0.931. The fourth-order valence-electron chi connectivity index (χ4n) is 9.27. The van der Waals surface area contributed by atoms with E-state index >= 15 is 0 Å². The highest BCUT2D eigenvalue weighted by Crippen LogP contribution is 2.68. The minimum Gasteiger partial charge on any atom is -0.463 e. The first kappa shape index (κ1) is 25.7. The van der Waals surface area contributed by atoms with Crippen LogP contribution in [-0.4, -0.2) is 22.7 Å². The second-order valence-corrected chi connectivity index (χ2v) is 14.2. The number of carbonyl (C=O) groups is 2. The molecule has 4 rings (SSSR count). The number of esters is 1. The normalized spacial score (nSPS) is 45.8. The van der Waals surface area contributed by atoms with Crippen molar-refractivity contribution in [2.24, 2.45) is 52.3 Å². The van der Waals surface area contributed by atoms with Crippen molar-refractivity contribution in [2.75, 3.05) is 0 Å². The molecule has 4 fully saturated rings. The summed E-state index contributed by atoms with van der Waals surface area (Å²) in [5.74, 6) is 4.13. The molecule has 0 amide bonds. The molecule has 0 unspecified atom stereocenters. The first-order valence-electron chi connectivity index (χ1n) is 13.8. The number of fused-ring (bicyclic) bond motifs is 5. The predicted molar refractivity (Wildman–Crippen MR) is 137 cm³/mol. The van der Waals surface area contributed by atoms with Gasteiger partial charge in [-0.05, 0) is 91.3 Å². The molecule has 0 N–H and O–H groups in total. The maximum absolute atomic E-state index is 13.9. The number of halogens is 1. The van der Waals surface area contributed by atoms with E-state index < -0.39 is 0 Å². The molecule has 0 bridgehead atoms. The lowest BCUT2D eigenvalue weighted by molar-refractivity contribution is -0.166. The Morgan fingerprint density at radius 1 is 1.00 bits per heavy atom. The molecule has 33 heavy (non-hydrogen) atoms. The van der Waals surface area contributed by atoms with Gasteiger partial charge in [0.15, 0.2) is 0 Å². The van der Waals surface area contributed by atoms with Gasteiger partial charge in [0.05, 0.1) is 4.83 Å². The van der Waals surface area contributed by atoms with Gasteiger partial charge in [-0.3, -0.25) is 9.59 Å². The SMILES string of the molecule is CC(=O)O[C@H]1CC[C@@]2(C)[C@H](C1)[C@@H](Br)C(=O)[C@@H]1[C@@H]2CC[C@]2(C)[C@@H]([C@H](C)CCCC(C)C)CC[C@@H]12. The Hall–Kier alpha value is -0.380. The Kier molecular flexibility index (Phi) is 7.46. The summed E-state index contributed by atoms with van der Waals surface area (Å²) in [5.41, 5.74) is 0.491. The minimum atomic E-state index is -0.192. The van der Waals surface area contributed by atoms with Crippen molar-refractivity contribution in [3.63, 3.8) is 0 Å². The quantitative estimate of drug-likeness (QED) is 0.266. The van der Waals surface area contributed by atoms with Crippen LogP contribution in [0.15, 0.2) is 0 Å². The molecular weight excluding hydrogens is 476 g/mol. The van der Waals surface area contributed by atoms with E-state index in [1.54, 1.807) is 0 Å². The number of hydrogen-bond acceptors (Lipinski definition) is 3. The van der Waals surface area contributed by atoms with Gasteiger partial charge in [0.1, 0.15) is 11.9 Å². The zero-order valence-electron chi connectivity index (χ0n) is 21.9. The molecule has 0 aromatic heterocycles. The number of alkyl halides is 1. The predicted octanol–water partition coefficient (Wildman–Crippen LogP) is 7.59. The highest BCUT2D eigenvalue weighted by Gasteiger charge is 2.65. The van der Waals surface area contributed by atoms with Crippen LogP contribution in [0.25, 0.3) is 0 Å². The summed E-state index contributed by atoms with van der Waals surface area (Å²) in [7, 11) is 0. The molecular formula is C29H47BrO3. The molecule has 0 radical (unpaired) electrons. The molecule has 4 aliphatic carbocycles. The zero-order chi connectivity index (χ0) is 24.1. The number of Topliss-reactive ketones (excluding diaryl/α,β-unsaturated/α-hetero) is 1. The smallest absolute Gasteiger partial charge is 0.302 e. The largest absolute Gasteiger partial charge is 0.463 e. The maximum atomic E-state index is 13.9. The second kappa shape index (κ2) is 9.58. The van der Waals surface area contributed by atoms with E-state index in [2.05, 4.69) is 50.5 Å². The second-order valence-electron chi connectivity index (χ2n) is 13.2. The van der Waals surface area contributed by atoms with Crippen LogP contribution < -0.4 is 0 Å². The van der Waals surface area contributed by atoms with Crippen LogP contribution in [0.4, 0.5) is 0 Å². The third kappa shape index (κ3) is 4.49. The molecule has 0 spiro atoms. The summed E-state index contributed by atoms with van der Waals surface area (Å²) in [6.45, 7) is 13.7. The van der Waals surface area contributed by atoms with Crippen LogP contribution in [0, 0.1) is 52.3 Å². The Bertz CT molecular complexity index is 749. The molecule has 0 heterocycles. The third-order valence-electron chi connectivity index (χ3n) is 11.0. The van der Waals surface area contributed by atoms with Crippen LogP contribution in [0.2, 0.25) is 0 Å². The Morgan fingerprint density at radius 3 is 2.33 bits per heavy atom. The van der Waals surface area contributed by atoms with E-state index in [4.69, 9.17) is 4.74 Å². The standard InChI is InChI=1S/C29H47BrO3/c1-17(2)8-7-9-18(3)21-10-11-22-25-23(13-15-28(21,22)5)29(6)14-12-20(33-19(4)31)16-24(29)26(30)27(25)32/h17-18,20-26H,7-16H2,1-6H3/t18-,20+,21-,22+,23+,24-,25+,26-,28-,29-/m1/s1. The average Bonchev–Trinajstić information content (AvgIpc) is 3.09. The van der Waals surface area contributed by atoms with Crippen molar-refractivity contribution in [3.05, 3.63) is 0 Å². The van der Waals surface area contributed by atoms with Crippen LogP contribution >= 0.6 is 15.9 Å². The Balaban J connectivity index is 1.53. The Labute approximate surface area is 210 Å². The first-order chi connectivity index (χ1) is 15.5. The van der Waals surface area contributed by atoms with Crippen molar-refractivity contribution in [1.82, 2.24) is 0 Å². The third-order valence-corrected chi connectivity index (χ3v) is 12.1. The molecule has 188 valence electrons. The molecule has 0 aromatic carbocycles. The minimum absolute atomic E-state index is 0.0265. The molecule has 4 heteroatoms. The van der Waals surface area contributed by atoms with Gasteiger partial charge in [0.25, 0.3) is 0 Å². The summed E-state index contributed by atoms with van der Waals surface area (Å²) in [5, 5.41) is 0. The van der Waals surface area contributed by atoms with E-state index in [1.807, 2.05) is 0 Å². The van der Waals surface area contributed by atoms with Gasteiger partial charge in [-0.25, -0.2) is 0 Å². The van der Waals surface area contributed by atoms with Gasteiger partial charge in [-0.1, -0.05) is 69.8 Å². The van der Waals surface area contributed by atoms with Crippen molar-refractivity contribution >= 4 is 27.7 Å². The summed E-state index contributed by atoms with van der Waals surface area (Å²) in [6.07, 6.45) is 11.9. The molecule has 4 saturated carbocycles. The topological polar surface area (TPSA) is 43.4 Å². The van der Waals surface area contributed by atoms with E-state index in [0.717, 1.165) is 37.0 Å². The van der Waals surface area contributed by atoms with Crippen molar-refractivity contribution < 1.29 is 14.3 Å². The highest BCUT2D eigenvalue weighted by molar-refractivity contribution is 9.10. The summed E-state index contributed by atoms with van der Waals surface area (Å²) >= 11 is 3.90. The lowest BCUT2D eigenvalue weighted by Crippen LogP contribution is -2.61. The summed E-state index contributed by atoms with van der Waals surface area (Å²) in [6, 6.07) is 0. The van der Waals surface area contributed by atoms with Gasteiger partial charge < -0.3 is 4.74 Å².